The molecule has 1 fully saturated rings. The van der Waals surface area contributed by atoms with E-state index >= 15 is 0 Å². The van der Waals surface area contributed by atoms with Crippen LogP contribution < -0.4 is 0 Å². The second-order valence-electron chi connectivity index (χ2n) is 4.54. The first-order chi connectivity index (χ1) is 6.63. The Kier molecular flexibility index (Phi) is 2.40. The summed E-state index contributed by atoms with van der Waals surface area (Å²) in [6.45, 7) is 4.06. The van der Waals surface area contributed by atoms with E-state index in [1.54, 1.807) is 0 Å². The van der Waals surface area contributed by atoms with Gasteiger partial charge in [0.2, 0.25) is 6.54 Å². The average molecular weight is 193 g/mol. The van der Waals surface area contributed by atoms with Gasteiger partial charge in [0, 0.05) is 4.92 Å². The average Bonchev–Trinajstić information content (AvgIpc) is 1.99. The van der Waals surface area contributed by atoms with Crippen molar-refractivity contribution in [2.45, 2.75) is 25.7 Å². The topological polar surface area (TPSA) is 43.1 Å². The number of rotatable bonds is 2. The molecular formula is C11H15NO2. The summed E-state index contributed by atoms with van der Waals surface area (Å²) < 4.78 is 0. The summed E-state index contributed by atoms with van der Waals surface area (Å²) in [6.07, 6.45) is 6.35. The van der Waals surface area contributed by atoms with E-state index in [-0.39, 0.29) is 11.5 Å². The minimum absolute atomic E-state index is 0.0411. The third-order valence-electron chi connectivity index (χ3n) is 3.12. The molecule has 0 spiro atoms. The lowest BCUT2D eigenvalue weighted by molar-refractivity contribution is -0.471. The maximum Gasteiger partial charge on any atom is 0.224 e. The van der Waals surface area contributed by atoms with Crippen LogP contribution in [0, 0.1) is 22.0 Å². The normalized spacial score (nSPS) is 31.1. The molecule has 0 aromatic carbocycles. The van der Waals surface area contributed by atoms with Crippen LogP contribution in [0.4, 0.5) is 0 Å². The van der Waals surface area contributed by atoms with Crippen molar-refractivity contribution in [3.05, 3.63) is 33.9 Å². The van der Waals surface area contributed by atoms with E-state index < -0.39 is 0 Å². The Morgan fingerprint density at radius 1 is 1.50 bits per heavy atom. The lowest BCUT2D eigenvalue weighted by atomic mass is 9.72. The Bertz CT molecular complexity index is 306. The Hall–Kier alpha value is -1.12. The molecular weight excluding hydrogens is 178 g/mol. The van der Waals surface area contributed by atoms with Crippen molar-refractivity contribution < 1.29 is 4.92 Å². The first kappa shape index (κ1) is 9.44. The summed E-state index contributed by atoms with van der Waals surface area (Å²) in [5.74, 6) is 1.16. The van der Waals surface area contributed by atoms with E-state index in [2.05, 4.69) is 12.7 Å². The highest BCUT2D eigenvalue weighted by Crippen LogP contribution is 2.40. The Morgan fingerprint density at radius 3 is 2.93 bits per heavy atom. The first-order valence-electron chi connectivity index (χ1n) is 5.11. The second-order valence-corrected chi connectivity index (χ2v) is 4.54. The summed E-state index contributed by atoms with van der Waals surface area (Å²) in [5.41, 5.74) is 2.35. The predicted molar refractivity (Wildman–Crippen MR) is 54.5 cm³/mol. The van der Waals surface area contributed by atoms with Gasteiger partial charge in [0.1, 0.15) is 0 Å². The van der Waals surface area contributed by atoms with Gasteiger partial charge in [0.05, 0.1) is 0 Å². The molecule has 1 saturated carbocycles. The van der Waals surface area contributed by atoms with Crippen LogP contribution in [0.2, 0.25) is 0 Å². The molecule has 0 N–H and O–H groups in total. The lowest BCUT2D eigenvalue weighted by Gasteiger charge is -2.33. The molecule has 2 aliphatic rings. The Labute approximate surface area is 83.7 Å². The minimum Gasteiger partial charge on any atom is -0.264 e. The summed E-state index contributed by atoms with van der Waals surface area (Å²) in [7, 11) is 0. The number of hydrogen-bond acceptors (Lipinski definition) is 2. The molecule has 2 atom stereocenters. The van der Waals surface area contributed by atoms with Crippen LogP contribution in [0.5, 0.6) is 0 Å². The molecule has 14 heavy (non-hydrogen) atoms. The highest BCUT2D eigenvalue weighted by Gasteiger charge is 2.29. The smallest absolute Gasteiger partial charge is 0.224 e. The van der Waals surface area contributed by atoms with Gasteiger partial charge in [-0.3, -0.25) is 10.1 Å². The molecule has 0 saturated heterocycles. The molecule has 2 unspecified atom stereocenters. The number of allylic oxidation sites excluding steroid dienone is 2. The van der Waals surface area contributed by atoms with Gasteiger partial charge in [-0.1, -0.05) is 18.2 Å². The van der Waals surface area contributed by atoms with Gasteiger partial charge in [-0.25, -0.2) is 0 Å². The largest absolute Gasteiger partial charge is 0.264 e. The number of nitrogens with zero attached hydrogens (tertiary/aromatic N) is 1. The minimum atomic E-state index is -0.221. The van der Waals surface area contributed by atoms with Gasteiger partial charge >= 0.3 is 0 Å². The van der Waals surface area contributed by atoms with E-state index in [1.807, 2.05) is 0 Å². The Balaban J connectivity index is 2.08. The quantitative estimate of drug-likeness (QED) is 0.384. The van der Waals surface area contributed by atoms with Gasteiger partial charge in [-0.15, -0.1) is 0 Å². The fourth-order valence-electron chi connectivity index (χ4n) is 2.79. The molecule has 0 radical (unpaired) electrons. The summed E-state index contributed by atoms with van der Waals surface area (Å²) >= 11 is 0. The van der Waals surface area contributed by atoms with Gasteiger partial charge in [0.25, 0.3) is 0 Å². The molecule has 0 amide bonds. The van der Waals surface area contributed by atoms with Gasteiger partial charge in [0.15, 0.2) is 0 Å². The lowest BCUT2D eigenvalue weighted by Crippen LogP contribution is -2.23. The molecule has 2 rings (SSSR count). The van der Waals surface area contributed by atoms with Crippen molar-refractivity contribution >= 4 is 0 Å². The second kappa shape index (κ2) is 3.56. The number of fused-ring (bicyclic) bond motifs is 2. The summed E-state index contributed by atoms with van der Waals surface area (Å²) in [4.78, 5) is 10.2. The zero-order valence-corrected chi connectivity index (χ0v) is 8.24. The number of hydrogen-bond donors (Lipinski definition) is 0. The van der Waals surface area contributed by atoms with Crippen molar-refractivity contribution in [3.8, 4) is 0 Å². The van der Waals surface area contributed by atoms with Crippen LogP contribution in [0.1, 0.15) is 25.7 Å². The SMILES string of the molecule is C=C1CC2C=C(C[N+](=O)[O-])CC(C1)C2. The van der Waals surface area contributed by atoms with Gasteiger partial charge in [-0.2, -0.15) is 0 Å². The highest BCUT2D eigenvalue weighted by atomic mass is 16.6. The molecule has 2 aliphatic carbocycles. The molecule has 0 aromatic rings. The predicted octanol–water partition coefficient (Wildman–Crippen LogP) is 2.57. The zero-order chi connectivity index (χ0) is 10.1. The van der Waals surface area contributed by atoms with Gasteiger partial charge in [-0.05, 0) is 43.1 Å². The van der Waals surface area contributed by atoms with E-state index in [0.29, 0.717) is 11.8 Å². The molecule has 0 aromatic heterocycles. The molecule has 2 bridgehead atoms. The van der Waals surface area contributed by atoms with Crippen molar-refractivity contribution in [2.24, 2.45) is 11.8 Å². The standard InChI is InChI=1S/C11H15NO2/c1-8-2-9-4-10(3-8)6-11(5-9)7-12(13)14/h5,9-10H,1-4,6-7H2. The van der Waals surface area contributed by atoms with Crippen molar-refractivity contribution in [1.82, 2.24) is 0 Å². The fourth-order valence-corrected chi connectivity index (χ4v) is 2.79. The van der Waals surface area contributed by atoms with E-state index in [0.717, 1.165) is 24.8 Å². The van der Waals surface area contributed by atoms with Crippen LogP contribution in [-0.4, -0.2) is 11.5 Å². The monoisotopic (exact) mass is 193 g/mol. The van der Waals surface area contributed by atoms with E-state index in [4.69, 9.17) is 0 Å². The molecule has 0 aliphatic heterocycles. The molecule has 76 valence electrons. The molecule has 3 nitrogen and oxygen atoms in total. The summed E-state index contributed by atoms with van der Waals surface area (Å²) in [5, 5.41) is 10.4. The van der Waals surface area contributed by atoms with E-state index in [1.165, 1.54) is 12.0 Å². The van der Waals surface area contributed by atoms with Gasteiger partial charge < -0.3 is 0 Å². The molecule has 0 heterocycles. The van der Waals surface area contributed by atoms with Crippen molar-refractivity contribution in [2.75, 3.05) is 6.54 Å². The van der Waals surface area contributed by atoms with Crippen LogP contribution in [-0.2, 0) is 0 Å². The van der Waals surface area contributed by atoms with Crippen LogP contribution in [0.25, 0.3) is 0 Å². The maximum absolute atomic E-state index is 10.4. The van der Waals surface area contributed by atoms with Crippen molar-refractivity contribution in [3.63, 3.8) is 0 Å². The first-order valence-corrected chi connectivity index (χ1v) is 5.11. The Morgan fingerprint density at radius 2 is 2.29 bits per heavy atom. The van der Waals surface area contributed by atoms with E-state index in [9.17, 15) is 10.1 Å². The van der Waals surface area contributed by atoms with Crippen molar-refractivity contribution in [1.29, 1.82) is 0 Å². The third-order valence-corrected chi connectivity index (χ3v) is 3.12. The highest BCUT2D eigenvalue weighted by molar-refractivity contribution is 5.17. The summed E-state index contributed by atoms with van der Waals surface area (Å²) in [6, 6.07) is 0. The van der Waals surface area contributed by atoms with Crippen LogP contribution >= 0.6 is 0 Å². The van der Waals surface area contributed by atoms with Crippen LogP contribution in [0.3, 0.4) is 0 Å². The number of nitro groups is 1. The zero-order valence-electron chi connectivity index (χ0n) is 8.24. The van der Waals surface area contributed by atoms with Crippen LogP contribution in [0.15, 0.2) is 23.8 Å². The molecule has 3 heteroatoms. The third kappa shape index (κ3) is 2.03. The maximum atomic E-state index is 10.4. The fraction of sp³-hybridized carbons (Fsp3) is 0.636.